The maximum Gasteiger partial charge on any atom is 0.151 e. The van der Waals surface area contributed by atoms with Crippen molar-refractivity contribution in [3.8, 4) is 11.4 Å². The lowest BCUT2D eigenvalue weighted by Crippen LogP contribution is -1.87. The molecule has 13 heavy (non-hydrogen) atoms. The second-order valence-corrected chi connectivity index (χ2v) is 2.77. The molecule has 2 rings (SSSR count). The van der Waals surface area contributed by atoms with Crippen molar-refractivity contribution in [3.05, 3.63) is 35.9 Å². The number of aromatic amines is 1. The molecule has 4 heteroatoms. The molecule has 0 saturated heterocycles. The van der Waals surface area contributed by atoms with Gasteiger partial charge in [-0.2, -0.15) is 5.10 Å². The number of nitrogens with one attached hydrogen (secondary N) is 1. The molecule has 1 N–H and O–H groups in total. The van der Waals surface area contributed by atoms with Gasteiger partial charge in [0.2, 0.25) is 0 Å². The van der Waals surface area contributed by atoms with Gasteiger partial charge in [-0.1, -0.05) is 0 Å². The number of aromatic nitrogens is 3. The van der Waals surface area contributed by atoms with Crippen LogP contribution in [0.3, 0.4) is 0 Å². The van der Waals surface area contributed by atoms with E-state index < -0.39 is 0 Å². The van der Waals surface area contributed by atoms with Gasteiger partial charge in [0.1, 0.15) is 11.4 Å². The quantitative estimate of drug-likeness (QED) is 0.723. The summed E-state index contributed by atoms with van der Waals surface area (Å²) in [5, 5.41) is 6.66. The number of nitrogens with zero attached hydrogens (tertiary/aromatic N) is 2. The molecule has 0 spiro atoms. The third-order valence-electron chi connectivity index (χ3n) is 1.71. The summed E-state index contributed by atoms with van der Waals surface area (Å²) in [5.41, 5.74) is 1.71. The fourth-order valence-electron chi connectivity index (χ4n) is 1.11. The second kappa shape index (κ2) is 2.97. The number of H-pyrrole nitrogens is 1. The molecule has 3 nitrogen and oxygen atoms in total. The Morgan fingerprint density at radius 2 is 2.31 bits per heavy atom. The van der Waals surface area contributed by atoms with Gasteiger partial charge in [0.05, 0.1) is 0 Å². The Morgan fingerprint density at radius 1 is 1.46 bits per heavy atom. The predicted molar refractivity (Wildman–Crippen MR) is 46.5 cm³/mol. The van der Waals surface area contributed by atoms with Gasteiger partial charge in [0.25, 0.3) is 0 Å². The molecule has 0 aromatic carbocycles. The van der Waals surface area contributed by atoms with Gasteiger partial charge < -0.3 is 0 Å². The Balaban J connectivity index is 2.52. The zero-order chi connectivity index (χ0) is 9.26. The lowest BCUT2D eigenvalue weighted by Gasteiger charge is -1.95. The SMILES string of the molecule is Cc1cc(-c2ncccc2F)n[nH]1. The molecule has 66 valence electrons. The molecule has 0 saturated carbocycles. The Labute approximate surface area is 74.6 Å². The average Bonchev–Trinajstić information content (AvgIpc) is 2.53. The minimum Gasteiger partial charge on any atom is -0.282 e. The summed E-state index contributed by atoms with van der Waals surface area (Å²) in [6.07, 6.45) is 1.54. The van der Waals surface area contributed by atoms with Crippen LogP contribution < -0.4 is 0 Å². The van der Waals surface area contributed by atoms with Crippen LogP contribution in [0.1, 0.15) is 5.69 Å². The molecule has 0 bridgehead atoms. The summed E-state index contributed by atoms with van der Waals surface area (Å²) in [7, 11) is 0. The molecule has 0 aliphatic heterocycles. The number of aryl methyl sites for hydroxylation is 1. The first kappa shape index (κ1) is 7.91. The normalized spacial score (nSPS) is 10.3. The van der Waals surface area contributed by atoms with E-state index in [9.17, 15) is 4.39 Å². The summed E-state index contributed by atoms with van der Waals surface area (Å²) < 4.78 is 13.2. The van der Waals surface area contributed by atoms with Crippen LogP contribution in [-0.4, -0.2) is 15.2 Å². The first-order valence-electron chi connectivity index (χ1n) is 3.90. The van der Waals surface area contributed by atoms with Crippen LogP contribution in [0.2, 0.25) is 0 Å². The van der Waals surface area contributed by atoms with Crippen molar-refractivity contribution in [2.24, 2.45) is 0 Å². The van der Waals surface area contributed by atoms with Crippen LogP contribution in [0, 0.1) is 12.7 Å². The van der Waals surface area contributed by atoms with Crippen molar-refractivity contribution < 1.29 is 4.39 Å². The van der Waals surface area contributed by atoms with Gasteiger partial charge in [-0.05, 0) is 25.1 Å². The van der Waals surface area contributed by atoms with Crippen molar-refractivity contribution in [2.45, 2.75) is 6.92 Å². The van der Waals surface area contributed by atoms with E-state index in [4.69, 9.17) is 0 Å². The minimum atomic E-state index is -0.353. The van der Waals surface area contributed by atoms with Gasteiger partial charge in [0, 0.05) is 11.9 Å². The molecule has 2 heterocycles. The smallest absolute Gasteiger partial charge is 0.151 e. The summed E-state index contributed by atoms with van der Waals surface area (Å²) >= 11 is 0. The average molecular weight is 177 g/mol. The van der Waals surface area contributed by atoms with E-state index in [1.165, 1.54) is 6.07 Å². The molecule has 0 fully saturated rings. The zero-order valence-electron chi connectivity index (χ0n) is 7.08. The summed E-state index contributed by atoms with van der Waals surface area (Å²) in [6.45, 7) is 1.86. The van der Waals surface area contributed by atoms with E-state index in [1.807, 2.05) is 6.92 Å². The molecule has 2 aromatic rings. The maximum atomic E-state index is 13.2. The minimum absolute atomic E-state index is 0.284. The van der Waals surface area contributed by atoms with E-state index in [0.29, 0.717) is 5.69 Å². The third kappa shape index (κ3) is 1.42. The van der Waals surface area contributed by atoms with Crippen LogP contribution >= 0.6 is 0 Å². The predicted octanol–water partition coefficient (Wildman–Crippen LogP) is 1.92. The molecule has 0 radical (unpaired) electrons. The van der Waals surface area contributed by atoms with Gasteiger partial charge in [-0.25, -0.2) is 4.39 Å². The molecular formula is C9H8FN3. The molecule has 0 atom stereocenters. The number of halogens is 1. The lowest BCUT2D eigenvalue weighted by molar-refractivity contribution is 0.625. The number of rotatable bonds is 1. The first-order chi connectivity index (χ1) is 6.27. The third-order valence-corrected chi connectivity index (χ3v) is 1.71. The van der Waals surface area contributed by atoms with Crippen molar-refractivity contribution in [2.75, 3.05) is 0 Å². The Bertz CT molecular complexity index is 422. The largest absolute Gasteiger partial charge is 0.282 e. The Morgan fingerprint density at radius 3 is 2.92 bits per heavy atom. The summed E-state index contributed by atoms with van der Waals surface area (Å²) in [6, 6.07) is 4.68. The maximum absolute atomic E-state index is 13.2. The van der Waals surface area contributed by atoms with Gasteiger partial charge in [-0.3, -0.25) is 10.1 Å². The van der Waals surface area contributed by atoms with Crippen LogP contribution in [-0.2, 0) is 0 Å². The topological polar surface area (TPSA) is 41.6 Å². The van der Waals surface area contributed by atoms with Crippen LogP contribution in [0.15, 0.2) is 24.4 Å². The van der Waals surface area contributed by atoms with Crippen molar-refractivity contribution in [3.63, 3.8) is 0 Å². The van der Waals surface area contributed by atoms with Crippen LogP contribution in [0.25, 0.3) is 11.4 Å². The molecule has 2 aromatic heterocycles. The Hall–Kier alpha value is -1.71. The van der Waals surface area contributed by atoms with E-state index in [-0.39, 0.29) is 11.5 Å². The second-order valence-electron chi connectivity index (χ2n) is 2.77. The first-order valence-corrected chi connectivity index (χ1v) is 3.90. The molecule has 0 aliphatic carbocycles. The summed E-state index contributed by atoms with van der Waals surface area (Å²) in [5.74, 6) is -0.353. The standard InChI is InChI=1S/C9H8FN3/c1-6-5-8(13-12-6)9-7(10)3-2-4-11-9/h2-5H,1H3,(H,12,13). The number of pyridine rings is 1. The molecular weight excluding hydrogens is 169 g/mol. The molecule has 0 unspecified atom stereocenters. The van der Waals surface area contributed by atoms with Gasteiger partial charge >= 0.3 is 0 Å². The van der Waals surface area contributed by atoms with Crippen LogP contribution in [0.5, 0.6) is 0 Å². The fraction of sp³-hybridized carbons (Fsp3) is 0.111. The van der Waals surface area contributed by atoms with E-state index in [0.717, 1.165) is 5.69 Å². The summed E-state index contributed by atoms with van der Waals surface area (Å²) in [4.78, 5) is 3.90. The highest BCUT2D eigenvalue weighted by Crippen LogP contribution is 2.17. The number of hydrogen-bond acceptors (Lipinski definition) is 2. The fourth-order valence-corrected chi connectivity index (χ4v) is 1.11. The highest BCUT2D eigenvalue weighted by molar-refractivity contribution is 5.54. The molecule has 0 aliphatic rings. The highest BCUT2D eigenvalue weighted by atomic mass is 19.1. The highest BCUT2D eigenvalue weighted by Gasteiger charge is 2.07. The van der Waals surface area contributed by atoms with Gasteiger partial charge in [0.15, 0.2) is 5.82 Å². The van der Waals surface area contributed by atoms with Crippen LogP contribution in [0.4, 0.5) is 4.39 Å². The van der Waals surface area contributed by atoms with Crippen molar-refractivity contribution in [1.82, 2.24) is 15.2 Å². The van der Waals surface area contributed by atoms with Crippen molar-refractivity contribution in [1.29, 1.82) is 0 Å². The molecule has 0 amide bonds. The van der Waals surface area contributed by atoms with E-state index >= 15 is 0 Å². The van der Waals surface area contributed by atoms with E-state index in [1.54, 1.807) is 18.3 Å². The lowest BCUT2D eigenvalue weighted by atomic mass is 10.2. The van der Waals surface area contributed by atoms with Gasteiger partial charge in [-0.15, -0.1) is 0 Å². The zero-order valence-corrected chi connectivity index (χ0v) is 7.08. The van der Waals surface area contributed by atoms with E-state index in [2.05, 4.69) is 15.2 Å². The van der Waals surface area contributed by atoms with Crippen molar-refractivity contribution >= 4 is 0 Å². The monoisotopic (exact) mass is 177 g/mol. The number of hydrogen-bond donors (Lipinski definition) is 1. The Kier molecular flexibility index (Phi) is 1.81.